The molecule has 29 heavy (non-hydrogen) atoms. The Kier molecular flexibility index (Phi) is 5.10. The van der Waals surface area contributed by atoms with Crippen molar-refractivity contribution < 1.29 is 14.3 Å². The summed E-state index contributed by atoms with van der Waals surface area (Å²) >= 11 is 0. The number of benzene rings is 2. The van der Waals surface area contributed by atoms with E-state index >= 15 is 0 Å². The largest absolute Gasteiger partial charge is 0.460 e. The highest BCUT2D eigenvalue weighted by molar-refractivity contribution is 5.99. The van der Waals surface area contributed by atoms with Crippen LogP contribution in [0.4, 0.5) is 0 Å². The van der Waals surface area contributed by atoms with Crippen molar-refractivity contribution in [3.63, 3.8) is 0 Å². The molecule has 2 aliphatic rings. The van der Waals surface area contributed by atoms with Crippen LogP contribution in [0.1, 0.15) is 67.9 Å². The fourth-order valence-corrected chi connectivity index (χ4v) is 5.43. The SMILES string of the molecule is CC(C)(C)OC(=O)[C@@H]1C[C@H](C(=O)c2ccccc2)[C@]2(CCCc3ccccc32)C1. The van der Waals surface area contributed by atoms with E-state index in [1.54, 1.807) is 0 Å². The lowest BCUT2D eigenvalue weighted by Gasteiger charge is -2.40. The van der Waals surface area contributed by atoms with Crippen LogP contribution >= 0.6 is 0 Å². The zero-order valence-electron chi connectivity index (χ0n) is 17.6. The first kappa shape index (κ1) is 19.9. The zero-order valence-corrected chi connectivity index (χ0v) is 17.6. The molecule has 3 atom stereocenters. The molecule has 152 valence electrons. The van der Waals surface area contributed by atoms with Crippen molar-refractivity contribution in [3.05, 3.63) is 71.3 Å². The fraction of sp³-hybridized carbons (Fsp3) is 0.462. The van der Waals surface area contributed by atoms with E-state index < -0.39 is 5.60 Å². The van der Waals surface area contributed by atoms with Gasteiger partial charge in [0.2, 0.25) is 0 Å². The topological polar surface area (TPSA) is 43.4 Å². The minimum atomic E-state index is -0.518. The molecule has 0 radical (unpaired) electrons. The van der Waals surface area contributed by atoms with Crippen LogP contribution in [0.2, 0.25) is 0 Å². The summed E-state index contributed by atoms with van der Waals surface area (Å²) in [6.07, 6.45) is 4.31. The van der Waals surface area contributed by atoms with Crippen molar-refractivity contribution in [2.24, 2.45) is 11.8 Å². The molecule has 2 aromatic rings. The molecule has 0 aliphatic heterocycles. The number of Topliss-reactive ketones (excluding diaryl/α,β-unsaturated/α-hetero) is 1. The molecule has 1 saturated carbocycles. The van der Waals surface area contributed by atoms with Gasteiger partial charge in [0.15, 0.2) is 5.78 Å². The van der Waals surface area contributed by atoms with Gasteiger partial charge in [-0.2, -0.15) is 0 Å². The maximum atomic E-state index is 13.6. The van der Waals surface area contributed by atoms with Crippen LogP contribution in [0.5, 0.6) is 0 Å². The van der Waals surface area contributed by atoms with Crippen LogP contribution < -0.4 is 0 Å². The molecule has 2 aromatic carbocycles. The van der Waals surface area contributed by atoms with Gasteiger partial charge >= 0.3 is 5.97 Å². The Morgan fingerprint density at radius 2 is 1.69 bits per heavy atom. The first-order valence-corrected chi connectivity index (χ1v) is 10.7. The Morgan fingerprint density at radius 1 is 1.00 bits per heavy atom. The van der Waals surface area contributed by atoms with Crippen molar-refractivity contribution in [2.75, 3.05) is 0 Å². The summed E-state index contributed by atoms with van der Waals surface area (Å²) in [5, 5.41) is 0. The van der Waals surface area contributed by atoms with Gasteiger partial charge in [-0.15, -0.1) is 0 Å². The average Bonchev–Trinajstić information content (AvgIpc) is 3.07. The van der Waals surface area contributed by atoms with Crippen molar-refractivity contribution >= 4 is 11.8 Å². The quantitative estimate of drug-likeness (QED) is 0.512. The predicted molar refractivity (Wildman–Crippen MR) is 114 cm³/mol. The molecule has 1 fully saturated rings. The number of ether oxygens (including phenoxy) is 1. The summed E-state index contributed by atoms with van der Waals surface area (Å²) in [4.78, 5) is 26.6. The minimum Gasteiger partial charge on any atom is -0.460 e. The summed E-state index contributed by atoms with van der Waals surface area (Å²) in [7, 11) is 0. The van der Waals surface area contributed by atoms with Crippen LogP contribution in [0.25, 0.3) is 0 Å². The van der Waals surface area contributed by atoms with Gasteiger partial charge in [0.1, 0.15) is 5.60 Å². The molecule has 0 amide bonds. The first-order valence-electron chi connectivity index (χ1n) is 10.7. The van der Waals surface area contributed by atoms with E-state index in [1.165, 1.54) is 11.1 Å². The Balaban J connectivity index is 1.75. The second kappa shape index (κ2) is 7.44. The molecule has 0 saturated heterocycles. The van der Waals surface area contributed by atoms with Crippen LogP contribution in [-0.2, 0) is 21.4 Å². The van der Waals surface area contributed by atoms with Crippen LogP contribution in [-0.4, -0.2) is 17.4 Å². The van der Waals surface area contributed by atoms with Crippen molar-refractivity contribution in [1.29, 1.82) is 0 Å². The van der Waals surface area contributed by atoms with Gasteiger partial charge in [-0.05, 0) is 64.0 Å². The molecule has 0 aromatic heterocycles. The Bertz CT molecular complexity index is 909. The molecule has 0 bridgehead atoms. The monoisotopic (exact) mass is 390 g/mol. The third-order valence-electron chi connectivity index (χ3n) is 6.54. The highest BCUT2D eigenvalue weighted by Crippen LogP contribution is 2.55. The van der Waals surface area contributed by atoms with Gasteiger partial charge in [-0.3, -0.25) is 9.59 Å². The third-order valence-corrected chi connectivity index (χ3v) is 6.54. The van der Waals surface area contributed by atoms with Gasteiger partial charge in [0.25, 0.3) is 0 Å². The van der Waals surface area contributed by atoms with Crippen LogP contribution in [0.3, 0.4) is 0 Å². The summed E-state index contributed by atoms with van der Waals surface area (Å²) in [5.74, 6) is -0.432. The number of hydrogen-bond donors (Lipinski definition) is 0. The molecular formula is C26H30O3. The van der Waals surface area contributed by atoms with E-state index in [2.05, 4.69) is 24.3 Å². The van der Waals surface area contributed by atoms with Crippen molar-refractivity contribution in [2.45, 2.75) is 63.9 Å². The normalized spacial score (nSPS) is 26.2. The molecule has 0 N–H and O–H groups in total. The predicted octanol–water partition coefficient (Wildman–Crippen LogP) is 5.51. The number of ketones is 1. The molecule has 2 aliphatic carbocycles. The number of carbonyl (C=O) groups is 2. The fourth-order valence-electron chi connectivity index (χ4n) is 5.43. The Labute approximate surface area is 173 Å². The molecule has 4 rings (SSSR count). The summed E-state index contributed by atoms with van der Waals surface area (Å²) < 4.78 is 5.73. The third kappa shape index (κ3) is 3.75. The summed E-state index contributed by atoms with van der Waals surface area (Å²) in [5.41, 5.74) is 2.55. The van der Waals surface area contributed by atoms with Gasteiger partial charge in [-0.25, -0.2) is 0 Å². The number of aryl methyl sites for hydroxylation is 1. The van der Waals surface area contributed by atoms with Gasteiger partial charge < -0.3 is 4.74 Å². The summed E-state index contributed by atoms with van der Waals surface area (Å²) in [6, 6.07) is 18.0. The maximum Gasteiger partial charge on any atom is 0.309 e. The summed E-state index contributed by atoms with van der Waals surface area (Å²) in [6.45, 7) is 5.70. The highest BCUT2D eigenvalue weighted by Gasteiger charge is 2.55. The zero-order chi connectivity index (χ0) is 20.6. The van der Waals surface area contributed by atoms with Gasteiger partial charge in [0.05, 0.1) is 5.92 Å². The van der Waals surface area contributed by atoms with E-state index in [0.717, 1.165) is 24.8 Å². The standard InChI is InChI=1S/C26H30O3/c1-25(2,3)29-24(28)20-16-22(23(27)19-11-5-4-6-12-19)26(17-20)15-9-13-18-10-7-8-14-21(18)26/h4-8,10-12,14,20,22H,9,13,15-17H2,1-3H3/t20-,22-,26-/m1/s1. The Morgan fingerprint density at radius 3 is 2.41 bits per heavy atom. The lowest BCUT2D eigenvalue weighted by molar-refractivity contribution is -0.159. The molecule has 1 spiro atoms. The van der Waals surface area contributed by atoms with E-state index in [9.17, 15) is 9.59 Å². The number of esters is 1. The van der Waals surface area contributed by atoms with E-state index in [-0.39, 0.29) is 29.0 Å². The van der Waals surface area contributed by atoms with E-state index in [4.69, 9.17) is 4.74 Å². The van der Waals surface area contributed by atoms with Gasteiger partial charge in [-0.1, -0.05) is 54.6 Å². The first-order chi connectivity index (χ1) is 13.8. The smallest absolute Gasteiger partial charge is 0.309 e. The maximum absolute atomic E-state index is 13.6. The highest BCUT2D eigenvalue weighted by atomic mass is 16.6. The van der Waals surface area contributed by atoms with Crippen molar-refractivity contribution in [1.82, 2.24) is 0 Å². The second-order valence-electron chi connectivity index (χ2n) is 9.62. The second-order valence-corrected chi connectivity index (χ2v) is 9.62. The minimum absolute atomic E-state index is 0.161. The Hall–Kier alpha value is -2.42. The average molecular weight is 391 g/mol. The van der Waals surface area contributed by atoms with Crippen molar-refractivity contribution in [3.8, 4) is 0 Å². The molecular weight excluding hydrogens is 360 g/mol. The van der Waals surface area contributed by atoms with Crippen LogP contribution in [0.15, 0.2) is 54.6 Å². The van der Waals surface area contributed by atoms with Crippen LogP contribution in [0, 0.1) is 11.8 Å². The molecule has 0 heterocycles. The van der Waals surface area contributed by atoms with Gasteiger partial charge in [0, 0.05) is 16.9 Å². The van der Waals surface area contributed by atoms with E-state index in [0.29, 0.717) is 12.8 Å². The number of rotatable bonds is 3. The number of fused-ring (bicyclic) bond motifs is 2. The molecule has 3 nitrogen and oxygen atoms in total. The number of carbonyl (C=O) groups excluding carboxylic acids is 2. The lowest BCUT2D eigenvalue weighted by Crippen LogP contribution is -2.39. The number of hydrogen-bond acceptors (Lipinski definition) is 3. The van der Waals surface area contributed by atoms with E-state index in [1.807, 2.05) is 51.1 Å². The molecule has 3 heteroatoms. The lowest BCUT2D eigenvalue weighted by atomic mass is 9.62. The molecule has 0 unspecified atom stereocenters.